The fourth-order valence-corrected chi connectivity index (χ4v) is 2.17. The lowest BCUT2D eigenvalue weighted by Crippen LogP contribution is -2.06. The van der Waals surface area contributed by atoms with Gasteiger partial charge in [0.2, 0.25) is 5.88 Å². The fraction of sp³-hybridized carbons (Fsp3) is 0.267. The molecule has 106 valence electrons. The lowest BCUT2D eigenvalue weighted by molar-refractivity contribution is 0.460. The van der Waals surface area contributed by atoms with Crippen LogP contribution in [0.3, 0.4) is 0 Å². The number of hydrogen-bond donors (Lipinski definition) is 1. The molecule has 1 aromatic heterocycles. The topological polar surface area (TPSA) is 34.1 Å². The van der Waals surface area contributed by atoms with Crippen molar-refractivity contribution in [1.29, 1.82) is 0 Å². The van der Waals surface area contributed by atoms with E-state index in [0.717, 1.165) is 24.2 Å². The molecule has 0 aliphatic heterocycles. The molecule has 0 spiro atoms. The van der Waals surface area contributed by atoms with Crippen LogP contribution in [-0.2, 0) is 13.0 Å². The highest BCUT2D eigenvalue weighted by atomic mass is 35.5. The van der Waals surface area contributed by atoms with Crippen molar-refractivity contribution in [2.24, 2.45) is 0 Å². The van der Waals surface area contributed by atoms with Gasteiger partial charge in [-0.2, -0.15) is 0 Å². The summed E-state index contributed by atoms with van der Waals surface area (Å²) < 4.78 is 5.76. The molecule has 0 saturated carbocycles. The van der Waals surface area contributed by atoms with E-state index in [0.29, 0.717) is 21.7 Å². The number of nitrogens with one attached hydrogen (secondary N) is 1. The van der Waals surface area contributed by atoms with E-state index < -0.39 is 0 Å². The van der Waals surface area contributed by atoms with Crippen molar-refractivity contribution in [3.05, 3.63) is 51.6 Å². The van der Waals surface area contributed by atoms with E-state index in [1.165, 1.54) is 0 Å². The van der Waals surface area contributed by atoms with Crippen molar-refractivity contribution in [3.8, 4) is 11.6 Å². The largest absolute Gasteiger partial charge is 0.437 e. The van der Waals surface area contributed by atoms with Gasteiger partial charge in [-0.1, -0.05) is 36.2 Å². The minimum Gasteiger partial charge on any atom is -0.437 e. The summed E-state index contributed by atoms with van der Waals surface area (Å²) in [5.41, 5.74) is 2.10. The van der Waals surface area contributed by atoms with Crippen molar-refractivity contribution in [3.63, 3.8) is 0 Å². The van der Waals surface area contributed by atoms with E-state index in [1.54, 1.807) is 18.2 Å². The molecule has 1 N–H and O–H groups in total. The molecule has 0 atom stereocenters. The van der Waals surface area contributed by atoms with Crippen LogP contribution in [0.2, 0.25) is 10.0 Å². The van der Waals surface area contributed by atoms with Crippen LogP contribution < -0.4 is 10.1 Å². The summed E-state index contributed by atoms with van der Waals surface area (Å²) in [5.74, 6) is 1.04. The molecule has 0 aliphatic carbocycles. The van der Waals surface area contributed by atoms with Gasteiger partial charge in [-0.05, 0) is 37.2 Å². The number of ether oxygens (including phenoxy) is 1. The van der Waals surface area contributed by atoms with Gasteiger partial charge in [0.15, 0.2) is 0 Å². The molecule has 2 rings (SSSR count). The van der Waals surface area contributed by atoms with Crippen LogP contribution >= 0.6 is 23.2 Å². The Balaban J connectivity index is 2.32. The Labute approximate surface area is 128 Å². The van der Waals surface area contributed by atoms with E-state index >= 15 is 0 Å². The minimum absolute atomic E-state index is 0.396. The third kappa shape index (κ3) is 3.63. The molecule has 0 saturated heterocycles. The summed E-state index contributed by atoms with van der Waals surface area (Å²) in [7, 11) is 1.90. The van der Waals surface area contributed by atoms with Gasteiger partial charge in [0.25, 0.3) is 0 Å². The molecular weight excluding hydrogens is 295 g/mol. The van der Waals surface area contributed by atoms with Gasteiger partial charge in [0.05, 0.1) is 5.02 Å². The second-order valence-electron chi connectivity index (χ2n) is 4.34. The molecule has 0 unspecified atom stereocenters. The molecule has 1 heterocycles. The number of aryl methyl sites for hydroxylation is 1. The maximum atomic E-state index is 6.12. The Kier molecular flexibility index (Phi) is 5.24. The van der Waals surface area contributed by atoms with Crippen LogP contribution in [0, 0.1) is 0 Å². The van der Waals surface area contributed by atoms with E-state index in [9.17, 15) is 0 Å². The summed E-state index contributed by atoms with van der Waals surface area (Å²) in [6, 6.07) is 9.24. The normalized spacial score (nSPS) is 10.6. The third-order valence-electron chi connectivity index (χ3n) is 2.79. The maximum Gasteiger partial charge on any atom is 0.219 e. The van der Waals surface area contributed by atoms with Gasteiger partial charge in [-0.25, -0.2) is 4.98 Å². The highest BCUT2D eigenvalue weighted by Crippen LogP contribution is 2.34. The molecule has 0 bridgehead atoms. The van der Waals surface area contributed by atoms with E-state index in [2.05, 4.69) is 23.3 Å². The van der Waals surface area contributed by atoms with Crippen LogP contribution in [0.25, 0.3) is 0 Å². The van der Waals surface area contributed by atoms with Crippen molar-refractivity contribution < 1.29 is 4.74 Å². The van der Waals surface area contributed by atoms with Crippen molar-refractivity contribution >= 4 is 23.2 Å². The number of pyridine rings is 1. The first-order valence-electron chi connectivity index (χ1n) is 6.40. The third-order valence-corrected chi connectivity index (χ3v) is 3.59. The van der Waals surface area contributed by atoms with Crippen molar-refractivity contribution in [2.75, 3.05) is 7.05 Å². The van der Waals surface area contributed by atoms with E-state index in [1.807, 2.05) is 13.1 Å². The number of aromatic nitrogens is 1. The second kappa shape index (κ2) is 6.93. The maximum absolute atomic E-state index is 6.12. The lowest BCUT2D eigenvalue weighted by atomic mass is 10.2. The zero-order valence-electron chi connectivity index (χ0n) is 11.4. The Morgan fingerprint density at radius 1 is 1.25 bits per heavy atom. The predicted molar refractivity (Wildman–Crippen MR) is 82.9 cm³/mol. The number of hydrogen-bond acceptors (Lipinski definition) is 3. The molecule has 0 fully saturated rings. The van der Waals surface area contributed by atoms with Gasteiger partial charge < -0.3 is 10.1 Å². The van der Waals surface area contributed by atoms with Crippen LogP contribution in [0.15, 0.2) is 30.3 Å². The lowest BCUT2D eigenvalue weighted by Gasteiger charge is -2.10. The van der Waals surface area contributed by atoms with E-state index in [4.69, 9.17) is 27.9 Å². The highest BCUT2D eigenvalue weighted by molar-refractivity contribution is 6.42. The fourth-order valence-electron chi connectivity index (χ4n) is 1.84. The number of halogens is 2. The Bertz CT molecular complexity index is 602. The van der Waals surface area contributed by atoms with Crippen LogP contribution in [0.5, 0.6) is 11.6 Å². The number of rotatable bonds is 5. The SMILES string of the molecule is CCc1cc(CNC)cc(Oc2cccc(Cl)c2Cl)n1. The molecule has 20 heavy (non-hydrogen) atoms. The van der Waals surface area contributed by atoms with Gasteiger partial charge in [-0.3, -0.25) is 0 Å². The van der Waals surface area contributed by atoms with E-state index in [-0.39, 0.29) is 0 Å². The average Bonchev–Trinajstić information content (AvgIpc) is 2.44. The first kappa shape index (κ1) is 15.1. The Morgan fingerprint density at radius 2 is 2.05 bits per heavy atom. The molecule has 1 aromatic carbocycles. The number of benzene rings is 1. The zero-order chi connectivity index (χ0) is 14.5. The average molecular weight is 311 g/mol. The smallest absolute Gasteiger partial charge is 0.219 e. The number of nitrogens with zero attached hydrogens (tertiary/aromatic N) is 1. The molecular formula is C15H16Cl2N2O. The first-order valence-corrected chi connectivity index (χ1v) is 7.16. The molecule has 0 aliphatic rings. The van der Waals surface area contributed by atoms with Gasteiger partial charge in [-0.15, -0.1) is 0 Å². The monoisotopic (exact) mass is 310 g/mol. The summed E-state index contributed by atoms with van der Waals surface area (Å²) in [6.07, 6.45) is 0.844. The quantitative estimate of drug-likeness (QED) is 0.885. The standard InChI is InChI=1S/C15H16Cl2N2O/c1-3-11-7-10(9-18-2)8-14(19-11)20-13-6-4-5-12(16)15(13)17/h4-8,18H,3,9H2,1-2H3. The highest BCUT2D eigenvalue weighted by Gasteiger charge is 2.09. The molecule has 5 heteroatoms. The van der Waals surface area contributed by atoms with Crippen LogP contribution in [-0.4, -0.2) is 12.0 Å². The molecule has 0 radical (unpaired) electrons. The summed E-state index contributed by atoms with van der Waals surface area (Å²) in [5, 5.41) is 3.98. The van der Waals surface area contributed by atoms with Gasteiger partial charge in [0, 0.05) is 18.3 Å². The van der Waals surface area contributed by atoms with Gasteiger partial charge in [0.1, 0.15) is 10.8 Å². The molecule has 2 aromatic rings. The Hall–Kier alpha value is -1.29. The minimum atomic E-state index is 0.396. The van der Waals surface area contributed by atoms with Crippen molar-refractivity contribution in [2.45, 2.75) is 19.9 Å². The van der Waals surface area contributed by atoms with Gasteiger partial charge >= 0.3 is 0 Å². The molecule has 3 nitrogen and oxygen atoms in total. The summed E-state index contributed by atoms with van der Waals surface area (Å²) in [4.78, 5) is 4.45. The van der Waals surface area contributed by atoms with Crippen LogP contribution in [0.4, 0.5) is 0 Å². The first-order chi connectivity index (χ1) is 9.63. The Morgan fingerprint density at radius 3 is 2.75 bits per heavy atom. The predicted octanol–water partition coefficient (Wildman–Crippen LogP) is 4.46. The molecule has 0 amide bonds. The summed E-state index contributed by atoms with van der Waals surface area (Å²) >= 11 is 12.1. The summed E-state index contributed by atoms with van der Waals surface area (Å²) in [6.45, 7) is 2.82. The zero-order valence-corrected chi connectivity index (χ0v) is 12.9. The second-order valence-corrected chi connectivity index (χ2v) is 5.13. The van der Waals surface area contributed by atoms with Crippen molar-refractivity contribution in [1.82, 2.24) is 10.3 Å². The van der Waals surface area contributed by atoms with Crippen LogP contribution in [0.1, 0.15) is 18.2 Å².